The van der Waals surface area contributed by atoms with Crippen molar-refractivity contribution in [3.05, 3.63) is 45.3 Å². The molecule has 2 N–H and O–H groups in total. The van der Waals surface area contributed by atoms with Gasteiger partial charge >= 0.3 is 0 Å². The van der Waals surface area contributed by atoms with Crippen LogP contribution in [0, 0.1) is 5.82 Å². The van der Waals surface area contributed by atoms with Gasteiger partial charge in [0.15, 0.2) is 0 Å². The summed E-state index contributed by atoms with van der Waals surface area (Å²) in [6.07, 6.45) is 1.61. The molecule has 0 saturated heterocycles. The Morgan fingerprint density at radius 2 is 2.24 bits per heavy atom. The number of benzene rings is 1. The van der Waals surface area contributed by atoms with Gasteiger partial charge in [0.05, 0.1) is 16.7 Å². The summed E-state index contributed by atoms with van der Waals surface area (Å²) in [6, 6.07) is 4.13. The summed E-state index contributed by atoms with van der Waals surface area (Å²) < 4.78 is 15.3. The number of nitrogens with zero attached hydrogens (tertiary/aromatic N) is 2. The van der Waals surface area contributed by atoms with E-state index in [1.54, 1.807) is 16.9 Å². The largest absolute Gasteiger partial charge is 0.383 e. The van der Waals surface area contributed by atoms with Gasteiger partial charge in [0.25, 0.3) is 0 Å². The van der Waals surface area contributed by atoms with E-state index in [1.165, 1.54) is 12.1 Å². The minimum absolute atomic E-state index is 0.158. The molecule has 1 aromatic heterocycles. The highest BCUT2D eigenvalue weighted by atomic mass is 79.9. The SMILES string of the molecule is CC(c1ccc(F)cc1Cl)n1ncc(Br)c1N. The molecule has 17 heavy (non-hydrogen) atoms. The Morgan fingerprint density at radius 3 is 2.76 bits per heavy atom. The minimum Gasteiger partial charge on any atom is -0.383 e. The minimum atomic E-state index is -0.361. The summed E-state index contributed by atoms with van der Waals surface area (Å²) in [5.74, 6) is 0.151. The molecule has 2 aromatic rings. The van der Waals surface area contributed by atoms with Crippen LogP contribution < -0.4 is 5.73 Å². The lowest BCUT2D eigenvalue weighted by atomic mass is 10.1. The number of rotatable bonds is 2. The first kappa shape index (κ1) is 12.4. The Labute approximate surface area is 112 Å². The zero-order chi connectivity index (χ0) is 12.6. The van der Waals surface area contributed by atoms with Crippen molar-refractivity contribution in [2.75, 3.05) is 5.73 Å². The third-order valence-electron chi connectivity index (χ3n) is 2.57. The van der Waals surface area contributed by atoms with Gasteiger partial charge < -0.3 is 5.73 Å². The number of nitrogens with two attached hydrogens (primary N) is 1. The lowest BCUT2D eigenvalue weighted by molar-refractivity contribution is 0.569. The van der Waals surface area contributed by atoms with Crippen molar-refractivity contribution in [2.45, 2.75) is 13.0 Å². The van der Waals surface area contributed by atoms with E-state index in [1.807, 2.05) is 6.92 Å². The third kappa shape index (κ3) is 2.30. The second-order valence-corrected chi connectivity index (χ2v) is 4.93. The van der Waals surface area contributed by atoms with Crippen molar-refractivity contribution in [3.63, 3.8) is 0 Å². The van der Waals surface area contributed by atoms with Crippen LogP contribution in [0.25, 0.3) is 0 Å². The summed E-state index contributed by atoms with van der Waals surface area (Å²) in [5.41, 5.74) is 6.63. The molecule has 0 saturated carbocycles. The first-order chi connectivity index (χ1) is 8.00. The van der Waals surface area contributed by atoms with E-state index in [0.29, 0.717) is 10.8 Å². The van der Waals surface area contributed by atoms with E-state index in [-0.39, 0.29) is 11.9 Å². The molecule has 3 nitrogen and oxygen atoms in total. The van der Waals surface area contributed by atoms with Gasteiger partial charge in [-0.3, -0.25) is 0 Å². The highest BCUT2D eigenvalue weighted by Crippen LogP contribution is 2.30. The summed E-state index contributed by atoms with van der Waals surface area (Å²) in [4.78, 5) is 0. The number of anilines is 1. The van der Waals surface area contributed by atoms with Crippen molar-refractivity contribution < 1.29 is 4.39 Å². The monoisotopic (exact) mass is 317 g/mol. The fourth-order valence-electron chi connectivity index (χ4n) is 1.63. The van der Waals surface area contributed by atoms with Gasteiger partial charge in [-0.05, 0) is 40.5 Å². The van der Waals surface area contributed by atoms with Crippen LogP contribution in [0.1, 0.15) is 18.5 Å². The third-order valence-corrected chi connectivity index (χ3v) is 3.50. The average Bonchev–Trinajstić information content (AvgIpc) is 2.59. The highest BCUT2D eigenvalue weighted by molar-refractivity contribution is 9.10. The number of aromatic nitrogens is 2. The van der Waals surface area contributed by atoms with Crippen LogP contribution in [-0.4, -0.2) is 9.78 Å². The molecule has 0 amide bonds. The zero-order valence-electron chi connectivity index (χ0n) is 8.99. The Bertz CT molecular complexity index is 556. The normalized spacial score (nSPS) is 12.7. The molecule has 1 aromatic carbocycles. The molecule has 1 unspecified atom stereocenters. The Hall–Kier alpha value is -1.07. The Kier molecular flexibility index (Phi) is 3.40. The topological polar surface area (TPSA) is 43.8 Å². The van der Waals surface area contributed by atoms with E-state index in [2.05, 4.69) is 21.0 Å². The van der Waals surface area contributed by atoms with E-state index in [4.69, 9.17) is 17.3 Å². The number of hydrogen-bond acceptors (Lipinski definition) is 2. The van der Waals surface area contributed by atoms with Crippen LogP contribution in [0.15, 0.2) is 28.9 Å². The quantitative estimate of drug-likeness (QED) is 0.919. The maximum atomic E-state index is 13.0. The first-order valence-corrected chi connectivity index (χ1v) is 6.11. The maximum Gasteiger partial charge on any atom is 0.136 e. The maximum absolute atomic E-state index is 13.0. The van der Waals surface area contributed by atoms with Crippen molar-refractivity contribution in [1.82, 2.24) is 9.78 Å². The van der Waals surface area contributed by atoms with Crippen LogP contribution in [0.3, 0.4) is 0 Å². The second-order valence-electron chi connectivity index (χ2n) is 3.66. The van der Waals surface area contributed by atoms with Gasteiger partial charge in [-0.25, -0.2) is 9.07 Å². The second kappa shape index (κ2) is 4.66. The lowest BCUT2D eigenvalue weighted by Crippen LogP contribution is -2.12. The van der Waals surface area contributed by atoms with E-state index >= 15 is 0 Å². The predicted molar refractivity (Wildman–Crippen MR) is 69.6 cm³/mol. The average molecular weight is 319 g/mol. The molecule has 2 rings (SSSR count). The fraction of sp³-hybridized carbons (Fsp3) is 0.182. The molecule has 0 spiro atoms. The smallest absolute Gasteiger partial charge is 0.136 e. The van der Waals surface area contributed by atoms with E-state index < -0.39 is 0 Å². The van der Waals surface area contributed by atoms with Gasteiger partial charge in [0.1, 0.15) is 11.6 Å². The Balaban J connectivity index is 2.43. The van der Waals surface area contributed by atoms with Gasteiger partial charge in [-0.2, -0.15) is 5.10 Å². The van der Waals surface area contributed by atoms with Gasteiger partial charge in [-0.15, -0.1) is 0 Å². The van der Waals surface area contributed by atoms with Crippen molar-refractivity contribution in [1.29, 1.82) is 0 Å². The van der Waals surface area contributed by atoms with Crippen LogP contribution >= 0.6 is 27.5 Å². The van der Waals surface area contributed by atoms with Gasteiger partial charge in [-0.1, -0.05) is 17.7 Å². The van der Waals surface area contributed by atoms with Crippen LogP contribution in [0.4, 0.5) is 10.2 Å². The lowest BCUT2D eigenvalue weighted by Gasteiger charge is -2.15. The summed E-state index contributed by atoms with van der Waals surface area (Å²) in [7, 11) is 0. The first-order valence-electron chi connectivity index (χ1n) is 4.94. The van der Waals surface area contributed by atoms with Gasteiger partial charge in [0, 0.05) is 5.02 Å². The molecular formula is C11H10BrClFN3. The van der Waals surface area contributed by atoms with Crippen LogP contribution in [0.2, 0.25) is 5.02 Å². The molecule has 0 bridgehead atoms. The summed E-state index contributed by atoms with van der Waals surface area (Å²) in [5, 5.41) is 4.51. The molecule has 0 aliphatic heterocycles. The fourth-order valence-corrected chi connectivity index (χ4v) is 2.23. The van der Waals surface area contributed by atoms with Crippen molar-refractivity contribution in [2.24, 2.45) is 0 Å². The van der Waals surface area contributed by atoms with Crippen LogP contribution in [0.5, 0.6) is 0 Å². The summed E-state index contributed by atoms with van der Waals surface area (Å²) >= 11 is 9.29. The molecular weight excluding hydrogens is 308 g/mol. The predicted octanol–water partition coefficient (Wildman–Crippen LogP) is 3.63. The number of nitrogen functional groups attached to an aromatic ring is 1. The number of hydrogen-bond donors (Lipinski definition) is 1. The molecule has 0 fully saturated rings. The molecule has 0 aliphatic rings. The Morgan fingerprint density at radius 1 is 1.53 bits per heavy atom. The molecule has 0 aliphatic carbocycles. The highest BCUT2D eigenvalue weighted by Gasteiger charge is 2.16. The molecule has 6 heteroatoms. The van der Waals surface area contributed by atoms with E-state index in [9.17, 15) is 4.39 Å². The van der Waals surface area contributed by atoms with Crippen molar-refractivity contribution >= 4 is 33.3 Å². The molecule has 1 atom stereocenters. The van der Waals surface area contributed by atoms with Crippen LogP contribution in [-0.2, 0) is 0 Å². The standard InChI is InChI=1S/C11H10BrClFN3/c1-6(17-11(15)9(12)5-16-17)8-3-2-7(14)4-10(8)13/h2-6H,15H2,1H3. The number of halogens is 3. The molecule has 1 heterocycles. The van der Waals surface area contributed by atoms with Crippen molar-refractivity contribution in [3.8, 4) is 0 Å². The summed E-state index contributed by atoms with van der Waals surface area (Å²) in [6.45, 7) is 1.90. The molecule has 0 radical (unpaired) electrons. The molecule has 90 valence electrons. The van der Waals surface area contributed by atoms with E-state index in [0.717, 1.165) is 10.0 Å². The van der Waals surface area contributed by atoms with Gasteiger partial charge in [0.2, 0.25) is 0 Å². The zero-order valence-corrected chi connectivity index (χ0v) is 11.3.